The Hall–Kier alpha value is -2.27. The molecule has 4 nitrogen and oxygen atoms in total. The van der Waals surface area contributed by atoms with E-state index in [0.29, 0.717) is 22.0 Å². The van der Waals surface area contributed by atoms with Crippen LogP contribution in [0.4, 0.5) is 21.5 Å². The number of hydrogen-bond acceptors (Lipinski definition) is 3. The molecule has 0 spiro atoms. The fraction of sp³-hybridized carbons (Fsp3) is 0.0714. The van der Waals surface area contributed by atoms with Gasteiger partial charge in [0.2, 0.25) is 0 Å². The number of anilines is 3. The maximum atomic E-state index is 13.7. The van der Waals surface area contributed by atoms with Gasteiger partial charge in [-0.05, 0) is 36.4 Å². The van der Waals surface area contributed by atoms with Crippen LogP contribution in [-0.4, -0.2) is 13.0 Å². The third kappa shape index (κ3) is 3.00. The molecule has 0 fully saturated rings. The average Bonchev–Trinajstić information content (AvgIpc) is 2.42. The van der Waals surface area contributed by atoms with Gasteiger partial charge in [-0.15, -0.1) is 0 Å². The molecule has 0 aromatic heterocycles. The van der Waals surface area contributed by atoms with E-state index in [1.165, 1.54) is 25.2 Å². The summed E-state index contributed by atoms with van der Waals surface area (Å²) < 4.78 is 13.7. The molecular formula is C14H13ClFN3O. The summed E-state index contributed by atoms with van der Waals surface area (Å²) in [4.78, 5) is 11.8. The van der Waals surface area contributed by atoms with Crippen LogP contribution in [0, 0.1) is 5.82 Å². The van der Waals surface area contributed by atoms with Gasteiger partial charge in [-0.2, -0.15) is 0 Å². The highest BCUT2D eigenvalue weighted by atomic mass is 35.5. The van der Waals surface area contributed by atoms with Gasteiger partial charge in [-0.25, -0.2) is 4.39 Å². The molecular weight excluding hydrogens is 281 g/mol. The normalized spacial score (nSPS) is 10.2. The quantitative estimate of drug-likeness (QED) is 0.762. The Kier molecular flexibility index (Phi) is 4.10. The van der Waals surface area contributed by atoms with Crippen molar-refractivity contribution in [3.8, 4) is 0 Å². The molecule has 2 aromatic rings. The SMILES string of the molecule is CNC(=O)c1ccc(N)cc1Nc1cc(Cl)ccc1F. The van der Waals surface area contributed by atoms with Gasteiger partial charge < -0.3 is 16.4 Å². The topological polar surface area (TPSA) is 67.2 Å². The number of amides is 1. The summed E-state index contributed by atoms with van der Waals surface area (Å²) in [5.74, 6) is -0.769. The molecule has 0 aliphatic heterocycles. The summed E-state index contributed by atoms with van der Waals surface area (Å²) in [6.07, 6.45) is 0. The summed E-state index contributed by atoms with van der Waals surface area (Å²) in [7, 11) is 1.52. The van der Waals surface area contributed by atoms with Crippen molar-refractivity contribution in [2.45, 2.75) is 0 Å². The number of nitrogen functional groups attached to an aromatic ring is 1. The molecule has 0 saturated carbocycles. The van der Waals surface area contributed by atoms with Gasteiger partial charge in [-0.3, -0.25) is 4.79 Å². The van der Waals surface area contributed by atoms with Crippen LogP contribution < -0.4 is 16.4 Å². The lowest BCUT2D eigenvalue weighted by Crippen LogP contribution is -2.19. The van der Waals surface area contributed by atoms with Crippen LogP contribution >= 0.6 is 11.6 Å². The second kappa shape index (κ2) is 5.79. The number of carbonyl (C=O) groups is 1. The predicted octanol–water partition coefficient (Wildman–Crippen LogP) is 3.16. The Morgan fingerprint density at radius 1 is 1.20 bits per heavy atom. The van der Waals surface area contributed by atoms with Gasteiger partial charge >= 0.3 is 0 Å². The number of nitrogens with two attached hydrogens (primary N) is 1. The predicted molar refractivity (Wildman–Crippen MR) is 78.9 cm³/mol. The van der Waals surface area contributed by atoms with E-state index in [-0.39, 0.29) is 11.6 Å². The minimum atomic E-state index is -0.473. The second-order valence-electron chi connectivity index (χ2n) is 4.13. The van der Waals surface area contributed by atoms with Crippen molar-refractivity contribution < 1.29 is 9.18 Å². The van der Waals surface area contributed by atoms with Crippen LogP contribution in [0.5, 0.6) is 0 Å². The van der Waals surface area contributed by atoms with Crippen molar-refractivity contribution in [1.82, 2.24) is 5.32 Å². The molecule has 2 rings (SSSR count). The summed E-state index contributed by atoms with van der Waals surface area (Å²) in [6, 6.07) is 8.86. The smallest absolute Gasteiger partial charge is 0.253 e. The molecule has 1 amide bonds. The molecule has 0 atom stereocenters. The Morgan fingerprint density at radius 2 is 1.95 bits per heavy atom. The maximum absolute atomic E-state index is 13.7. The first-order valence-corrected chi connectivity index (χ1v) is 6.22. The molecule has 6 heteroatoms. The van der Waals surface area contributed by atoms with Gasteiger partial charge in [0.05, 0.1) is 16.9 Å². The third-order valence-electron chi connectivity index (χ3n) is 2.71. The Bertz CT molecular complexity index is 661. The van der Waals surface area contributed by atoms with Crippen LogP contribution in [0.25, 0.3) is 0 Å². The minimum absolute atomic E-state index is 0.174. The molecule has 0 saturated heterocycles. The van der Waals surface area contributed by atoms with E-state index >= 15 is 0 Å². The number of nitrogens with one attached hydrogen (secondary N) is 2. The monoisotopic (exact) mass is 293 g/mol. The number of benzene rings is 2. The lowest BCUT2D eigenvalue weighted by Gasteiger charge is -2.13. The van der Waals surface area contributed by atoms with Gasteiger partial charge in [0.1, 0.15) is 5.82 Å². The van der Waals surface area contributed by atoms with Crippen LogP contribution in [-0.2, 0) is 0 Å². The first-order chi connectivity index (χ1) is 9.51. The molecule has 104 valence electrons. The van der Waals surface area contributed by atoms with Gasteiger partial charge in [-0.1, -0.05) is 11.6 Å². The first-order valence-electron chi connectivity index (χ1n) is 5.85. The van der Waals surface area contributed by atoms with Crippen molar-refractivity contribution in [2.75, 3.05) is 18.1 Å². The molecule has 0 bridgehead atoms. The van der Waals surface area contributed by atoms with Crippen molar-refractivity contribution in [3.05, 3.63) is 52.8 Å². The Labute approximate surface area is 120 Å². The maximum Gasteiger partial charge on any atom is 0.253 e. The minimum Gasteiger partial charge on any atom is -0.399 e. The van der Waals surface area contributed by atoms with E-state index in [0.717, 1.165) is 0 Å². The molecule has 0 heterocycles. The third-order valence-corrected chi connectivity index (χ3v) is 2.95. The lowest BCUT2D eigenvalue weighted by molar-refractivity contribution is 0.0964. The summed E-state index contributed by atoms with van der Waals surface area (Å²) >= 11 is 5.83. The van der Waals surface area contributed by atoms with Crippen LogP contribution in [0.3, 0.4) is 0 Å². The van der Waals surface area contributed by atoms with Crippen LogP contribution in [0.1, 0.15) is 10.4 Å². The highest BCUT2D eigenvalue weighted by Crippen LogP contribution is 2.27. The summed E-state index contributed by atoms with van der Waals surface area (Å²) in [5.41, 5.74) is 7.10. The second-order valence-corrected chi connectivity index (χ2v) is 4.57. The van der Waals surface area contributed by atoms with E-state index in [4.69, 9.17) is 17.3 Å². The van der Waals surface area contributed by atoms with Crippen molar-refractivity contribution in [1.29, 1.82) is 0 Å². The molecule has 0 aliphatic carbocycles. The van der Waals surface area contributed by atoms with E-state index in [2.05, 4.69) is 10.6 Å². The van der Waals surface area contributed by atoms with E-state index in [1.54, 1.807) is 18.2 Å². The Morgan fingerprint density at radius 3 is 2.65 bits per heavy atom. The molecule has 4 N–H and O–H groups in total. The van der Waals surface area contributed by atoms with Crippen molar-refractivity contribution >= 4 is 34.6 Å². The fourth-order valence-electron chi connectivity index (χ4n) is 1.74. The van der Waals surface area contributed by atoms with E-state index in [9.17, 15) is 9.18 Å². The summed E-state index contributed by atoms with van der Waals surface area (Å²) in [6.45, 7) is 0. The molecule has 0 aliphatic rings. The van der Waals surface area contributed by atoms with Crippen molar-refractivity contribution in [3.63, 3.8) is 0 Å². The molecule has 0 radical (unpaired) electrons. The number of carbonyl (C=O) groups excluding carboxylic acids is 1. The van der Waals surface area contributed by atoms with Gasteiger partial charge in [0, 0.05) is 17.8 Å². The Balaban J connectivity index is 2.44. The fourth-order valence-corrected chi connectivity index (χ4v) is 1.91. The van der Waals surface area contributed by atoms with Crippen LogP contribution in [0.2, 0.25) is 5.02 Å². The average molecular weight is 294 g/mol. The largest absolute Gasteiger partial charge is 0.399 e. The number of rotatable bonds is 3. The highest BCUT2D eigenvalue weighted by Gasteiger charge is 2.12. The molecule has 2 aromatic carbocycles. The van der Waals surface area contributed by atoms with E-state index < -0.39 is 5.82 Å². The first kappa shape index (κ1) is 14.1. The van der Waals surface area contributed by atoms with E-state index in [1.807, 2.05) is 0 Å². The zero-order valence-electron chi connectivity index (χ0n) is 10.7. The zero-order valence-corrected chi connectivity index (χ0v) is 11.5. The molecule has 0 unspecified atom stereocenters. The molecule has 20 heavy (non-hydrogen) atoms. The zero-order chi connectivity index (χ0) is 14.7. The summed E-state index contributed by atoms with van der Waals surface area (Å²) in [5, 5.41) is 5.74. The van der Waals surface area contributed by atoms with Crippen LogP contribution in [0.15, 0.2) is 36.4 Å². The lowest BCUT2D eigenvalue weighted by atomic mass is 10.1. The number of halogens is 2. The van der Waals surface area contributed by atoms with Gasteiger partial charge in [0.15, 0.2) is 0 Å². The van der Waals surface area contributed by atoms with Crippen molar-refractivity contribution in [2.24, 2.45) is 0 Å². The number of hydrogen-bond donors (Lipinski definition) is 3. The highest BCUT2D eigenvalue weighted by molar-refractivity contribution is 6.30. The standard InChI is InChI=1S/C14H13ClFN3O/c1-18-14(20)10-4-3-9(17)7-12(10)19-13-6-8(15)2-5-11(13)16/h2-7,19H,17H2,1H3,(H,18,20). The van der Waals surface area contributed by atoms with Gasteiger partial charge in [0.25, 0.3) is 5.91 Å².